The van der Waals surface area contributed by atoms with E-state index in [0.717, 1.165) is 22.8 Å². The summed E-state index contributed by atoms with van der Waals surface area (Å²) in [6.07, 6.45) is 6.94. The van der Waals surface area contributed by atoms with Crippen LogP contribution in [-0.4, -0.2) is 18.3 Å². The largest absolute Gasteiger partial charge is 0.342 e. The van der Waals surface area contributed by atoms with Crippen LogP contribution in [0.3, 0.4) is 0 Å². The second kappa shape index (κ2) is 4.72. The third kappa shape index (κ3) is 2.05. The molecule has 0 spiro atoms. The van der Waals surface area contributed by atoms with Gasteiger partial charge in [0.05, 0.1) is 11.7 Å². The summed E-state index contributed by atoms with van der Waals surface area (Å²) < 4.78 is 0. The Morgan fingerprint density at radius 1 is 1.37 bits per heavy atom. The van der Waals surface area contributed by atoms with Crippen molar-refractivity contribution in [2.24, 2.45) is 10.9 Å². The molecule has 2 aliphatic rings. The molecule has 0 saturated heterocycles. The lowest BCUT2D eigenvalue weighted by Gasteiger charge is -2.17. The number of fused-ring (bicyclic) bond motifs is 1. The Hall–Kier alpha value is -2.36. The molecule has 19 heavy (non-hydrogen) atoms. The van der Waals surface area contributed by atoms with E-state index in [0.29, 0.717) is 12.3 Å². The van der Waals surface area contributed by atoms with Gasteiger partial charge in [0.15, 0.2) is 0 Å². The third-order valence-corrected chi connectivity index (χ3v) is 3.43. The number of carbonyl (C=O) groups excluding carboxylic acids is 1. The number of aliphatic imine (C=N–C) groups is 1. The number of hydrogen-bond donors (Lipinski definition) is 2. The maximum absolute atomic E-state index is 10.7. The molecule has 1 heterocycles. The minimum absolute atomic E-state index is 0.157. The molecule has 2 atom stereocenters. The number of nitrogens with zero attached hydrogens (tertiary/aromatic N) is 1. The lowest BCUT2D eigenvalue weighted by molar-refractivity contribution is -0.105. The highest BCUT2D eigenvalue weighted by Gasteiger charge is 2.29. The normalized spacial score (nSPS) is 24.1. The van der Waals surface area contributed by atoms with Crippen LogP contribution < -0.4 is 10.6 Å². The van der Waals surface area contributed by atoms with Gasteiger partial charge in [0.25, 0.3) is 0 Å². The lowest BCUT2D eigenvalue weighted by Crippen LogP contribution is -2.24. The first-order valence-corrected chi connectivity index (χ1v) is 6.32. The smallest absolute Gasteiger partial charge is 0.211 e. The Bertz CT molecular complexity index is 601. The number of hydrogen-bond acceptors (Lipinski definition) is 3. The first-order valence-electron chi connectivity index (χ1n) is 6.32. The average molecular weight is 253 g/mol. The van der Waals surface area contributed by atoms with Crippen LogP contribution >= 0.6 is 0 Å². The van der Waals surface area contributed by atoms with Gasteiger partial charge in [0.1, 0.15) is 5.84 Å². The Morgan fingerprint density at radius 2 is 2.21 bits per heavy atom. The minimum Gasteiger partial charge on any atom is -0.342 e. The lowest BCUT2D eigenvalue weighted by atomic mass is 9.95. The summed E-state index contributed by atoms with van der Waals surface area (Å²) in [6, 6.07) is 7.80. The molecule has 2 N–H and O–H groups in total. The second-order valence-corrected chi connectivity index (χ2v) is 4.72. The van der Waals surface area contributed by atoms with Crippen molar-refractivity contribution < 1.29 is 4.79 Å². The molecule has 1 aromatic rings. The summed E-state index contributed by atoms with van der Waals surface area (Å²) in [5, 5.41) is 6.05. The zero-order valence-corrected chi connectivity index (χ0v) is 10.6. The van der Waals surface area contributed by atoms with Crippen LogP contribution in [0.1, 0.15) is 12.5 Å². The summed E-state index contributed by atoms with van der Waals surface area (Å²) in [4.78, 5) is 15.4. The van der Waals surface area contributed by atoms with Gasteiger partial charge in [-0.05, 0) is 18.2 Å². The fourth-order valence-electron chi connectivity index (χ4n) is 2.45. The van der Waals surface area contributed by atoms with Crippen molar-refractivity contribution in [3.8, 4) is 0 Å². The van der Waals surface area contributed by atoms with Crippen LogP contribution in [0.4, 0.5) is 5.69 Å². The van der Waals surface area contributed by atoms with Gasteiger partial charge >= 0.3 is 0 Å². The molecule has 1 amide bonds. The summed E-state index contributed by atoms with van der Waals surface area (Å²) in [5.41, 5.74) is 2.80. The van der Waals surface area contributed by atoms with Crippen LogP contribution in [0, 0.1) is 5.92 Å². The number of anilines is 1. The van der Waals surface area contributed by atoms with Gasteiger partial charge in [-0.2, -0.15) is 0 Å². The van der Waals surface area contributed by atoms with Crippen molar-refractivity contribution >= 4 is 17.9 Å². The van der Waals surface area contributed by atoms with E-state index in [1.54, 1.807) is 0 Å². The zero-order chi connectivity index (χ0) is 13.2. The van der Waals surface area contributed by atoms with Gasteiger partial charge in [-0.3, -0.25) is 9.79 Å². The molecule has 0 aromatic heterocycles. The zero-order valence-electron chi connectivity index (χ0n) is 10.6. The van der Waals surface area contributed by atoms with Gasteiger partial charge in [-0.25, -0.2) is 0 Å². The molecule has 0 saturated carbocycles. The fraction of sp³-hybridized carbons (Fsp3) is 0.200. The highest BCUT2D eigenvalue weighted by molar-refractivity contribution is 6.07. The van der Waals surface area contributed by atoms with E-state index in [1.165, 1.54) is 0 Å². The molecule has 4 nitrogen and oxygen atoms in total. The molecule has 1 aromatic carbocycles. The maximum atomic E-state index is 10.7. The fourth-order valence-corrected chi connectivity index (χ4v) is 2.45. The van der Waals surface area contributed by atoms with Crippen LogP contribution in [0.5, 0.6) is 0 Å². The molecule has 1 aliphatic heterocycles. The van der Waals surface area contributed by atoms with E-state index in [1.807, 2.05) is 24.3 Å². The molecular formula is C15H15N3O. The van der Waals surface area contributed by atoms with Crippen molar-refractivity contribution in [3.05, 3.63) is 53.8 Å². The van der Waals surface area contributed by atoms with Crippen LogP contribution in [0.15, 0.2) is 53.2 Å². The standard InChI is InChI=1S/C15H15N3O/c1-10-5-4-8-13-14(10)18-15(17-13)11-6-2-3-7-12(11)16-9-19/h2-10,14H,1H3,(H,16,19)(H,17,18). The van der Waals surface area contributed by atoms with Gasteiger partial charge in [0.2, 0.25) is 6.41 Å². The van der Waals surface area contributed by atoms with E-state index in [2.05, 4.69) is 35.8 Å². The molecule has 4 heteroatoms. The Morgan fingerprint density at radius 3 is 3.00 bits per heavy atom. The van der Waals surface area contributed by atoms with Crippen molar-refractivity contribution in [3.63, 3.8) is 0 Å². The van der Waals surface area contributed by atoms with Crippen molar-refractivity contribution in [2.45, 2.75) is 13.0 Å². The Kier molecular flexibility index (Phi) is 2.91. The molecule has 2 unspecified atom stereocenters. The van der Waals surface area contributed by atoms with Gasteiger partial charge < -0.3 is 10.6 Å². The van der Waals surface area contributed by atoms with Crippen LogP contribution in [-0.2, 0) is 4.79 Å². The molecule has 1 aliphatic carbocycles. The highest BCUT2D eigenvalue weighted by Crippen LogP contribution is 2.27. The summed E-state index contributed by atoms with van der Waals surface area (Å²) in [6.45, 7) is 2.15. The minimum atomic E-state index is 0.157. The number of nitrogens with one attached hydrogen (secondary N) is 2. The predicted octanol–water partition coefficient (Wildman–Crippen LogP) is 2.06. The first kappa shape index (κ1) is 11.7. The monoisotopic (exact) mass is 253 g/mol. The SMILES string of the molecule is CC1C=CC=C2NC(c3ccccc3NC=O)=NC21. The summed E-state index contributed by atoms with van der Waals surface area (Å²) in [7, 11) is 0. The molecule has 96 valence electrons. The average Bonchev–Trinajstić information content (AvgIpc) is 2.85. The van der Waals surface area contributed by atoms with E-state index < -0.39 is 0 Å². The first-order chi connectivity index (χ1) is 9.29. The number of allylic oxidation sites excluding steroid dienone is 2. The van der Waals surface area contributed by atoms with E-state index in [-0.39, 0.29) is 6.04 Å². The summed E-state index contributed by atoms with van der Waals surface area (Å²) in [5.74, 6) is 1.20. The topological polar surface area (TPSA) is 53.5 Å². The predicted molar refractivity (Wildman–Crippen MR) is 76.0 cm³/mol. The molecule has 0 radical (unpaired) electrons. The third-order valence-electron chi connectivity index (χ3n) is 3.43. The van der Waals surface area contributed by atoms with Gasteiger partial charge in [0, 0.05) is 17.2 Å². The van der Waals surface area contributed by atoms with Crippen LogP contribution in [0.2, 0.25) is 0 Å². The Labute approximate surface area is 111 Å². The number of benzene rings is 1. The van der Waals surface area contributed by atoms with Gasteiger partial charge in [-0.15, -0.1) is 0 Å². The van der Waals surface area contributed by atoms with E-state index >= 15 is 0 Å². The summed E-state index contributed by atoms with van der Waals surface area (Å²) >= 11 is 0. The number of amides is 1. The van der Waals surface area contributed by atoms with Crippen LogP contribution in [0.25, 0.3) is 0 Å². The molecule has 3 rings (SSSR count). The van der Waals surface area contributed by atoms with Crippen molar-refractivity contribution in [2.75, 3.05) is 5.32 Å². The van der Waals surface area contributed by atoms with Gasteiger partial charge in [-0.1, -0.05) is 31.2 Å². The quantitative estimate of drug-likeness (QED) is 0.810. The maximum Gasteiger partial charge on any atom is 0.211 e. The number of rotatable bonds is 3. The second-order valence-electron chi connectivity index (χ2n) is 4.72. The number of carbonyl (C=O) groups is 1. The number of para-hydroxylation sites is 1. The van der Waals surface area contributed by atoms with E-state index in [9.17, 15) is 4.79 Å². The Balaban J connectivity index is 1.97. The van der Waals surface area contributed by atoms with Crippen molar-refractivity contribution in [1.82, 2.24) is 5.32 Å². The van der Waals surface area contributed by atoms with Crippen molar-refractivity contribution in [1.29, 1.82) is 0 Å². The number of amidine groups is 1. The molecular weight excluding hydrogens is 238 g/mol. The highest BCUT2D eigenvalue weighted by atomic mass is 16.1. The molecule has 0 bridgehead atoms. The molecule has 0 fully saturated rings. The van der Waals surface area contributed by atoms with E-state index in [4.69, 9.17) is 4.99 Å².